The first kappa shape index (κ1) is 17.2. The average molecular weight is 330 g/mol. The van der Waals surface area contributed by atoms with Crippen LogP contribution in [-0.2, 0) is 11.3 Å². The predicted molar refractivity (Wildman–Crippen MR) is 93.5 cm³/mol. The second-order valence-corrected chi connectivity index (χ2v) is 6.39. The largest absolute Gasteiger partial charge is 0.352 e. The second-order valence-electron chi connectivity index (χ2n) is 5.36. The van der Waals surface area contributed by atoms with Crippen molar-refractivity contribution >= 4 is 23.2 Å². The smallest absolute Gasteiger partial charge is 0.251 e. The fraction of sp³-hybridized carbons (Fsp3) is 0.333. The summed E-state index contributed by atoms with van der Waals surface area (Å²) in [6, 6.07) is 11.4. The number of hydrogen-bond donors (Lipinski definition) is 1. The van der Waals surface area contributed by atoms with Gasteiger partial charge in [-0.15, -0.1) is 11.3 Å². The van der Waals surface area contributed by atoms with Crippen LogP contribution in [-0.4, -0.2) is 29.8 Å². The molecule has 0 bridgehead atoms. The zero-order chi connectivity index (χ0) is 16.7. The number of carbonyl (C=O) groups is 2. The van der Waals surface area contributed by atoms with Crippen molar-refractivity contribution in [2.24, 2.45) is 0 Å². The Morgan fingerprint density at radius 3 is 2.70 bits per heavy atom. The highest BCUT2D eigenvalue weighted by Gasteiger charge is 2.13. The predicted octanol–water partition coefficient (Wildman–Crippen LogP) is 3.23. The molecule has 122 valence electrons. The number of nitrogens with zero attached hydrogens (tertiary/aromatic N) is 1. The molecule has 2 rings (SSSR count). The number of benzene rings is 1. The van der Waals surface area contributed by atoms with Gasteiger partial charge in [0.05, 0.1) is 6.54 Å². The van der Waals surface area contributed by atoms with Gasteiger partial charge in [-0.05, 0) is 37.4 Å². The van der Waals surface area contributed by atoms with Gasteiger partial charge in [0.2, 0.25) is 5.91 Å². The summed E-state index contributed by atoms with van der Waals surface area (Å²) in [6.45, 7) is 5.58. The van der Waals surface area contributed by atoms with Gasteiger partial charge < -0.3 is 10.2 Å². The lowest BCUT2D eigenvalue weighted by atomic mass is 10.1. The molecule has 0 aliphatic carbocycles. The van der Waals surface area contributed by atoms with E-state index in [0.29, 0.717) is 31.6 Å². The fourth-order valence-electron chi connectivity index (χ4n) is 2.30. The van der Waals surface area contributed by atoms with E-state index >= 15 is 0 Å². The molecule has 1 aromatic carbocycles. The van der Waals surface area contributed by atoms with Crippen molar-refractivity contribution < 1.29 is 9.59 Å². The number of aryl methyl sites for hydroxylation is 1. The van der Waals surface area contributed by atoms with Gasteiger partial charge in [0.1, 0.15) is 0 Å². The van der Waals surface area contributed by atoms with Gasteiger partial charge in [-0.3, -0.25) is 9.59 Å². The number of thiophene rings is 1. The van der Waals surface area contributed by atoms with E-state index < -0.39 is 0 Å². The number of nitrogens with one attached hydrogen (secondary N) is 1. The third-order valence-electron chi connectivity index (χ3n) is 3.57. The zero-order valence-electron chi connectivity index (χ0n) is 13.5. The standard InChI is InChI=1S/C18H22N2O2S/c1-3-20(13-16-8-5-11-23-16)17(21)9-10-19-18(22)15-7-4-6-14(2)12-15/h4-8,11-12H,3,9-10,13H2,1-2H3,(H,19,22). The minimum absolute atomic E-state index is 0.0606. The highest BCUT2D eigenvalue weighted by Crippen LogP contribution is 2.12. The third kappa shape index (κ3) is 5.21. The summed E-state index contributed by atoms with van der Waals surface area (Å²) in [7, 11) is 0. The molecule has 0 saturated heterocycles. The lowest BCUT2D eigenvalue weighted by molar-refractivity contribution is -0.131. The van der Waals surface area contributed by atoms with Crippen molar-refractivity contribution in [3.05, 3.63) is 57.8 Å². The molecule has 0 saturated carbocycles. The number of carbonyl (C=O) groups excluding carboxylic acids is 2. The van der Waals surface area contributed by atoms with Crippen LogP contribution < -0.4 is 5.32 Å². The van der Waals surface area contributed by atoms with E-state index in [9.17, 15) is 9.59 Å². The monoisotopic (exact) mass is 330 g/mol. The van der Waals surface area contributed by atoms with Crippen molar-refractivity contribution in [3.63, 3.8) is 0 Å². The average Bonchev–Trinajstić information content (AvgIpc) is 3.05. The Kier molecular flexibility index (Phi) is 6.35. The first-order chi connectivity index (χ1) is 11.1. The van der Waals surface area contributed by atoms with Crippen LogP contribution in [0.25, 0.3) is 0 Å². The summed E-state index contributed by atoms with van der Waals surface area (Å²) in [5.74, 6) is -0.0757. The van der Waals surface area contributed by atoms with E-state index in [1.54, 1.807) is 17.4 Å². The van der Waals surface area contributed by atoms with Crippen molar-refractivity contribution in [2.75, 3.05) is 13.1 Å². The third-order valence-corrected chi connectivity index (χ3v) is 4.43. The molecule has 2 amide bonds. The van der Waals surface area contributed by atoms with Crippen LogP contribution in [0.1, 0.15) is 34.1 Å². The molecule has 0 radical (unpaired) electrons. The highest BCUT2D eigenvalue weighted by molar-refractivity contribution is 7.09. The molecule has 0 fully saturated rings. The van der Waals surface area contributed by atoms with E-state index in [2.05, 4.69) is 5.32 Å². The highest BCUT2D eigenvalue weighted by atomic mass is 32.1. The summed E-state index contributed by atoms with van der Waals surface area (Å²) in [6.07, 6.45) is 0.316. The number of hydrogen-bond acceptors (Lipinski definition) is 3. The molecule has 1 N–H and O–H groups in total. The Morgan fingerprint density at radius 1 is 1.22 bits per heavy atom. The van der Waals surface area contributed by atoms with Gasteiger partial charge in [-0.1, -0.05) is 23.8 Å². The van der Waals surface area contributed by atoms with Gasteiger partial charge >= 0.3 is 0 Å². The first-order valence-electron chi connectivity index (χ1n) is 7.75. The molecule has 0 aliphatic rings. The van der Waals surface area contributed by atoms with Crippen LogP contribution in [0.5, 0.6) is 0 Å². The van der Waals surface area contributed by atoms with Crippen LogP contribution in [0.4, 0.5) is 0 Å². The van der Waals surface area contributed by atoms with Crippen molar-refractivity contribution in [1.82, 2.24) is 10.2 Å². The zero-order valence-corrected chi connectivity index (χ0v) is 14.4. The first-order valence-corrected chi connectivity index (χ1v) is 8.63. The molecule has 0 aliphatic heterocycles. The Bertz CT molecular complexity index is 653. The van der Waals surface area contributed by atoms with E-state index in [1.165, 1.54) is 4.88 Å². The SMILES string of the molecule is CCN(Cc1cccs1)C(=O)CCNC(=O)c1cccc(C)c1. The Labute approximate surface area is 141 Å². The summed E-state index contributed by atoms with van der Waals surface area (Å²) in [5, 5.41) is 4.82. The van der Waals surface area contributed by atoms with Crippen molar-refractivity contribution in [1.29, 1.82) is 0 Å². The molecule has 23 heavy (non-hydrogen) atoms. The molecule has 0 atom stereocenters. The molecular formula is C18H22N2O2S. The van der Waals surface area contributed by atoms with Gasteiger partial charge in [0, 0.05) is 30.0 Å². The maximum atomic E-state index is 12.3. The summed E-state index contributed by atoms with van der Waals surface area (Å²) >= 11 is 1.65. The molecule has 0 spiro atoms. The molecule has 4 nitrogen and oxygen atoms in total. The Balaban J connectivity index is 1.80. The maximum absolute atomic E-state index is 12.3. The topological polar surface area (TPSA) is 49.4 Å². The van der Waals surface area contributed by atoms with E-state index in [1.807, 2.05) is 54.5 Å². The molecular weight excluding hydrogens is 308 g/mol. The van der Waals surface area contributed by atoms with Crippen LogP contribution in [0.15, 0.2) is 41.8 Å². The summed E-state index contributed by atoms with van der Waals surface area (Å²) in [5.41, 5.74) is 1.67. The lowest BCUT2D eigenvalue weighted by Crippen LogP contribution is -2.34. The quantitative estimate of drug-likeness (QED) is 0.847. The van der Waals surface area contributed by atoms with Gasteiger partial charge in [-0.25, -0.2) is 0 Å². The van der Waals surface area contributed by atoms with E-state index in [0.717, 1.165) is 5.56 Å². The van der Waals surface area contributed by atoms with Crippen LogP contribution in [0, 0.1) is 6.92 Å². The van der Waals surface area contributed by atoms with Gasteiger partial charge in [-0.2, -0.15) is 0 Å². The minimum Gasteiger partial charge on any atom is -0.352 e. The lowest BCUT2D eigenvalue weighted by Gasteiger charge is -2.20. The Hall–Kier alpha value is -2.14. The fourth-order valence-corrected chi connectivity index (χ4v) is 3.02. The Morgan fingerprint density at radius 2 is 2.04 bits per heavy atom. The molecule has 2 aromatic rings. The number of rotatable bonds is 7. The van der Waals surface area contributed by atoms with Crippen molar-refractivity contribution in [2.45, 2.75) is 26.8 Å². The molecule has 5 heteroatoms. The second kappa shape index (κ2) is 8.48. The molecule has 1 aromatic heterocycles. The van der Waals surface area contributed by atoms with E-state index in [-0.39, 0.29) is 11.8 Å². The molecule has 1 heterocycles. The van der Waals surface area contributed by atoms with Crippen LogP contribution >= 0.6 is 11.3 Å². The maximum Gasteiger partial charge on any atom is 0.251 e. The summed E-state index contributed by atoms with van der Waals surface area (Å²) < 4.78 is 0. The van der Waals surface area contributed by atoms with Gasteiger partial charge in [0.15, 0.2) is 0 Å². The van der Waals surface area contributed by atoms with Crippen LogP contribution in [0.2, 0.25) is 0 Å². The normalized spacial score (nSPS) is 10.3. The summed E-state index contributed by atoms with van der Waals surface area (Å²) in [4.78, 5) is 27.3. The van der Waals surface area contributed by atoms with E-state index in [4.69, 9.17) is 0 Å². The van der Waals surface area contributed by atoms with Crippen molar-refractivity contribution in [3.8, 4) is 0 Å². The van der Waals surface area contributed by atoms with Gasteiger partial charge in [0.25, 0.3) is 5.91 Å². The molecule has 0 unspecified atom stereocenters. The van der Waals surface area contributed by atoms with Crippen LogP contribution in [0.3, 0.4) is 0 Å². The number of amides is 2. The minimum atomic E-state index is -0.136.